The van der Waals surface area contributed by atoms with Crippen LogP contribution in [-0.4, -0.2) is 24.9 Å². The number of carbonyl (C=O) groups is 3. The molecule has 35 heavy (non-hydrogen) atoms. The molecule has 0 aliphatic carbocycles. The highest BCUT2D eigenvalue weighted by Crippen LogP contribution is 2.18. The number of amides is 2. The van der Waals surface area contributed by atoms with Gasteiger partial charge in [0.25, 0.3) is 11.8 Å². The number of hydrogen-bond donors (Lipinski definition) is 2. The maximum Gasteiger partial charge on any atom is 0.337 e. The van der Waals surface area contributed by atoms with Gasteiger partial charge in [0, 0.05) is 11.3 Å². The Morgan fingerprint density at radius 2 is 1.66 bits per heavy atom. The van der Waals surface area contributed by atoms with Crippen LogP contribution in [0.4, 0.5) is 5.69 Å². The maximum absolute atomic E-state index is 13.3. The average molecular weight is 469 g/mol. The smallest absolute Gasteiger partial charge is 0.337 e. The predicted molar refractivity (Wildman–Crippen MR) is 139 cm³/mol. The first-order chi connectivity index (χ1) is 16.8. The Kier molecular flexibility index (Phi) is 8.35. The second kappa shape index (κ2) is 11.6. The van der Waals surface area contributed by atoms with Crippen LogP contribution >= 0.6 is 0 Å². The average Bonchev–Trinajstić information content (AvgIpc) is 2.87. The first-order valence-corrected chi connectivity index (χ1v) is 11.2. The Balaban J connectivity index is 1.97. The van der Waals surface area contributed by atoms with Crippen molar-refractivity contribution in [3.8, 4) is 0 Å². The topological polar surface area (TPSA) is 84.5 Å². The number of nitrogens with one attached hydrogen (secondary N) is 2. The molecule has 2 N–H and O–H groups in total. The summed E-state index contributed by atoms with van der Waals surface area (Å²) in [5.74, 6) is -1.43. The molecular formula is C29H28N2O4. The third kappa shape index (κ3) is 6.54. The summed E-state index contributed by atoms with van der Waals surface area (Å²) in [4.78, 5) is 38.3. The first kappa shape index (κ1) is 25.2. The standard InChI is InChI=1S/C29H28N2O4/c1-5-21-11-6-7-15-25(21)27(32)31-26(17-20-10-8-12-22(16-20)19(2)3)28(33)30-24-14-9-13-23(18-24)29(34)35-4/h6-18H,2,5H2,1,3-4H3,(H,30,33)(H,31,32)/b26-17+. The number of esters is 1. The number of benzene rings is 3. The van der Waals surface area contributed by atoms with E-state index in [0.717, 1.165) is 22.3 Å². The van der Waals surface area contributed by atoms with Crippen molar-refractivity contribution in [2.24, 2.45) is 0 Å². The number of allylic oxidation sites excluding steroid dienone is 1. The van der Waals surface area contributed by atoms with Crippen molar-refractivity contribution in [2.75, 3.05) is 12.4 Å². The number of carbonyl (C=O) groups excluding carboxylic acids is 3. The molecule has 178 valence electrons. The minimum atomic E-state index is -0.532. The molecule has 3 rings (SSSR count). The van der Waals surface area contributed by atoms with Gasteiger partial charge in [-0.05, 0) is 66.4 Å². The number of rotatable bonds is 8. The van der Waals surface area contributed by atoms with Crippen molar-refractivity contribution in [2.45, 2.75) is 20.3 Å². The third-order valence-corrected chi connectivity index (χ3v) is 5.37. The summed E-state index contributed by atoms with van der Waals surface area (Å²) in [6.07, 6.45) is 2.29. The Labute approximate surface area is 205 Å². The third-order valence-electron chi connectivity index (χ3n) is 5.37. The Hall–Kier alpha value is -4.45. The molecule has 0 unspecified atom stereocenters. The van der Waals surface area contributed by atoms with E-state index in [0.29, 0.717) is 23.2 Å². The van der Waals surface area contributed by atoms with E-state index in [4.69, 9.17) is 4.74 Å². The minimum absolute atomic E-state index is 0.0586. The molecule has 0 aliphatic rings. The summed E-state index contributed by atoms with van der Waals surface area (Å²) in [5, 5.41) is 5.53. The van der Waals surface area contributed by atoms with Crippen molar-refractivity contribution < 1.29 is 19.1 Å². The highest BCUT2D eigenvalue weighted by molar-refractivity contribution is 6.11. The molecule has 0 saturated carbocycles. The lowest BCUT2D eigenvalue weighted by molar-refractivity contribution is -0.113. The lowest BCUT2D eigenvalue weighted by Gasteiger charge is -2.13. The van der Waals surface area contributed by atoms with Crippen LogP contribution in [0.15, 0.2) is 85.1 Å². The second-order valence-corrected chi connectivity index (χ2v) is 7.96. The van der Waals surface area contributed by atoms with Gasteiger partial charge in [-0.25, -0.2) is 4.79 Å². The van der Waals surface area contributed by atoms with Crippen LogP contribution in [0.2, 0.25) is 0 Å². The normalized spacial score (nSPS) is 10.9. The van der Waals surface area contributed by atoms with Crippen molar-refractivity contribution in [3.63, 3.8) is 0 Å². The van der Waals surface area contributed by atoms with E-state index >= 15 is 0 Å². The fourth-order valence-corrected chi connectivity index (χ4v) is 3.50. The number of anilines is 1. The Morgan fingerprint density at radius 3 is 2.37 bits per heavy atom. The van der Waals surface area contributed by atoms with Crippen molar-refractivity contribution >= 4 is 35.1 Å². The van der Waals surface area contributed by atoms with Crippen LogP contribution in [0.5, 0.6) is 0 Å². The number of ether oxygens (including phenoxy) is 1. The van der Waals surface area contributed by atoms with Gasteiger partial charge in [0.1, 0.15) is 5.70 Å². The van der Waals surface area contributed by atoms with E-state index in [1.54, 1.807) is 36.4 Å². The summed E-state index contributed by atoms with van der Waals surface area (Å²) < 4.78 is 4.75. The largest absolute Gasteiger partial charge is 0.465 e. The second-order valence-electron chi connectivity index (χ2n) is 7.96. The zero-order valence-corrected chi connectivity index (χ0v) is 20.1. The van der Waals surface area contributed by atoms with E-state index in [2.05, 4.69) is 17.2 Å². The van der Waals surface area contributed by atoms with Crippen LogP contribution in [0.3, 0.4) is 0 Å². The van der Waals surface area contributed by atoms with Gasteiger partial charge in [-0.3, -0.25) is 9.59 Å². The molecule has 3 aromatic rings. The molecule has 0 bridgehead atoms. The van der Waals surface area contributed by atoms with Gasteiger partial charge in [0.2, 0.25) is 0 Å². The van der Waals surface area contributed by atoms with Gasteiger partial charge in [0.15, 0.2) is 0 Å². The van der Waals surface area contributed by atoms with Gasteiger partial charge >= 0.3 is 5.97 Å². The molecule has 6 heteroatoms. The highest BCUT2D eigenvalue weighted by Gasteiger charge is 2.17. The Bertz CT molecular complexity index is 1310. The van der Waals surface area contributed by atoms with E-state index in [1.165, 1.54) is 13.2 Å². The molecule has 6 nitrogen and oxygen atoms in total. The van der Waals surface area contributed by atoms with E-state index < -0.39 is 11.9 Å². The molecule has 0 fully saturated rings. The van der Waals surface area contributed by atoms with Gasteiger partial charge in [-0.2, -0.15) is 0 Å². The van der Waals surface area contributed by atoms with Gasteiger partial charge < -0.3 is 15.4 Å². The molecule has 3 aromatic carbocycles. The number of methoxy groups -OCH3 is 1. The molecule has 0 radical (unpaired) electrons. The molecule has 2 amide bonds. The van der Waals surface area contributed by atoms with Gasteiger partial charge in [-0.1, -0.05) is 61.5 Å². The molecule has 0 saturated heterocycles. The number of aryl methyl sites for hydroxylation is 1. The monoisotopic (exact) mass is 468 g/mol. The van der Waals surface area contributed by atoms with Crippen molar-refractivity contribution in [3.05, 3.63) is 113 Å². The van der Waals surface area contributed by atoms with E-state index in [9.17, 15) is 14.4 Å². The summed E-state index contributed by atoms with van der Waals surface area (Å²) in [6.45, 7) is 7.83. The summed E-state index contributed by atoms with van der Waals surface area (Å²) in [7, 11) is 1.29. The summed E-state index contributed by atoms with van der Waals surface area (Å²) in [5.41, 5.74) is 4.65. The Morgan fingerprint density at radius 1 is 0.943 bits per heavy atom. The highest BCUT2D eigenvalue weighted by atomic mass is 16.5. The lowest BCUT2D eigenvalue weighted by atomic mass is 10.0. The zero-order chi connectivity index (χ0) is 25.4. The van der Waals surface area contributed by atoms with Crippen LogP contribution < -0.4 is 10.6 Å². The van der Waals surface area contributed by atoms with E-state index in [1.807, 2.05) is 50.2 Å². The van der Waals surface area contributed by atoms with Crippen LogP contribution in [0.1, 0.15) is 51.3 Å². The minimum Gasteiger partial charge on any atom is -0.465 e. The first-order valence-electron chi connectivity index (χ1n) is 11.2. The molecular weight excluding hydrogens is 440 g/mol. The fraction of sp³-hybridized carbons (Fsp3) is 0.138. The maximum atomic E-state index is 13.3. The lowest BCUT2D eigenvalue weighted by Crippen LogP contribution is -2.31. The summed E-state index contributed by atoms with van der Waals surface area (Å²) >= 11 is 0. The predicted octanol–water partition coefficient (Wildman–Crippen LogP) is 5.48. The molecule has 0 heterocycles. The molecule has 0 atom stereocenters. The SMILES string of the molecule is C=C(C)c1cccc(/C=C(/NC(=O)c2ccccc2CC)C(=O)Nc2cccc(C(=O)OC)c2)c1. The van der Waals surface area contributed by atoms with Gasteiger partial charge in [0.05, 0.1) is 12.7 Å². The number of hydrogen-bond acceptors (Lipinski definition) is 4. The molecule has 0 spiro atoms. The van der Waals surface area contributed by atoms with Crippen LogP contribution in [0.25, 0.3) is 11.6 Å². The zero-order valence-electron chi connectivity index (χ0n) is 20.1. The van der Waals surface area contributed by atoms with Crippen molar-refractivity contribution in [1.29, 1.82) is 0 Å². The quantitative estimate of drug-likeness (QED) is 0.339. The van der Waals surface area contributed by atoms with Crippen molar-refractivity contribution in [1.82, 2.24) is 5.32 Å². The van der Waals surface area contributed by atoms with E-state index in [-0.39, 0.29) is 11.6 Å². The molecule has 0 aliphatic heterocycles. The van der Waals surface area contributed by atoms with Crippen LogP contribution in [-0.2, 0) is 16.0 Å². The van der Waals surface area contributed by atoms with Crippen LogP contribution in [0, 0.1) is 0 Å². The molecule has 0 aromatic heterocycles. The van der Waals surface area contributed by atoms with Gasteiger partial charge in [-0.15, -0.1) is 0 Å². The summed E-state index contributed by atoms with van der Waals surface area (Å²) in [6, 6.07) is 21.2. The fourth-order valence-electron chi connectivity index (χ4n) is 3.50.